The molecule has 0 aliphatic carbocycles. The monoisotopic (exact) mass is 241 g/mol. The summed E-state index contributed by atoms with van der Waals surface area (Å²) in [5, 5.41) is 11.3. The minimum Gasteiger partial charge on any atom is -0.488 e. The van der Waals surface area contributed by atoms with Crippen LogP contribution in [0.3, 0.4) is 0 Å². The Labute approximate surface area is 99.4 Å². The molecule has 94 valence electrons. The predicted octanol–water partition coefficient (Wildman–Crippen LogP) is 2.50. The lowest BCUT2D eigenvalue weighted by molar-refractivity contribution is -0.136. The summed E-state index contributed by atoms with van der Waals surface area (Å²) in [5.74, 6) is -1.15. The van der Waals surface area contributed by atoms with Crippen LogP contribution in [0, 0.1) is 5.82 Å². The number of ether oxygens (including phenoxy) is 1. The van der Waals surface area contributed by atoms with E-state index in [0.717, 1.165) is 0 Å². The zero-order chi connectivity index (χ0) is 12.8. The van der Waals surface area contributed by atoms with E-state index in [9.17, 15) is 9.18 Å². The highest BCUT2D eigenvalue weighted by Crippen LogP contribution is 2.22. The molecule has 17 heavy (non-hydrogen) atoms. The smallest absolute Gasteiger partial charge is 0.305 e. The number of carboxylic acid groups (broad SMARTS) is 1. The molecular weight excluding hydrogens is 225 g/mol. The Balaban J connectivity index is 2.59. The van der Waals surface area contributed by atoms with Gasteiger partial charge in [0.05, 0.1) is 12.5 Å². The summed E-state index contributed by atoms with van der Waals surface area (Å²) in [6.07, 6.45) is -0.0957. The Bertz CT molecular complexity index is 393. The van der Waals surface area contributed by atoms with Crippen LogP contribution in [0.4, 0.5) is 10.1 Å². The second kappa shape index (κ2) is 6.08. The molecule has 1 rings (SSSR count). The largest absolute Gasteiger partial charge is 0.488 e. The third kappa shape index (κ3) is 4.72. The zero-order valence-corrected chi connectivity index (χ0v) is 9.87. The summed E-state index contributed by atoms with van der Waals surface area (Å²) < 4.78 is 18.8. The van der Waals surface area contributed by atoms with E-state index in [-0.39, 0.29) is 24.8 Å². The molecule has 5 heteroatoms. The Hall–Kier alpha value is -1.78. The molecule has 0 aliphatic rings. The van der Waals surface area contributed by atoms with Gasteiger partial charge in [0.15, 0.2) is 11.6 Å². The first-order valence-electron chi connectivity index (χ1n) is 5.41. The fourth-order valence-electron chi connectivity index (χ4n) is 1.27. The fraction of sp³-hybridized carbons (Fsp3) is 0.417. The number of hydrogen-bond donors (Lipinski definition) is 2. The molecule has 0 saturated carbocycles. The van der Waals surface area contributed by atoms with E-state index in [0.29, 0.717) is 5.69 Å². The minimum atomic E-state index is -0.891. The summed E-state index contributed by atoms with van der Waals surface area (Å²) >= 11 is 0. The van der Waals surface area contributed by atoms with Gasteiger partial charge in [-0.3, -0.25) is 4.79 Å². The van der Waals surface area contributed by atoms with Gasteiger partial charge in [0.2, 0.25) is 0 Å². The number of aliphatic carboxylic acids is 1. The molecule has 0 radical (unpaired) electrons. The molecule has 4 nitrogen and oxygen atoms in total. The summed E-state index contributed by atoms with van der Waals surface area (Å²) in [6.45, 7) is 3.90. The van der Waals surface area contributed by atoms with Crippen LogP contribution in [-0.4, -0.2) is 23.7 Å². The maximum atomic E-state index is 13.5. The van der Waals surface area contributed by atoms with Crippen LogP contribution in [0.5, 0.6) is 5.75 Å². The van der Waals surface area contributed by atoms with Crippen LogP contribution >= 0.6 is 0 Å². The van der Waals surface area contributed by atoms with Gasteiger partial charge in [-0.1, -0.05) is 0 Å². The normalized spacial score (nSPS) is 10.4. The van der Waals surface area contributed by atoms with E-state index in [1.54, 1.807) is 6.07 Å². The Morgan fingerprint density at radius 1 is 1.53 bits per heavy atom. The second-order valence-corrected chi connectivity index (χ2v) is 3.88. The highest BCUT2D eigenvalue weighted by molar-refractivity contribution is 5.67. The third-order valence-corrected chi connectivity index (χ3v) is 1.96. The number of hydrogen-bond acceptors (Lipinski definition) is 3. The van der Waals surface area contributed by atoms with Crippen molar-refractivity contribution in [1.29, 1.82) is 0 Å². The number of carboxylic acids is 1. The molecular formula is C12H16FNO3. The summed E-state index contributed by atoms with van der Waals surface area (Å²) in [5.41, 5.74) is 0.542. The Morgan fingerprint density at radius 2 is 2.24 bits per heavy atom. The van der Waals surface area contributed by atoms with Gasteiger partial charge in [0.25, 0.3) is 0 Å². The number of nitrogens with one attached hydrogen (secondary N) is 1. The number of halogens is 1. The van der Waals surface area contributed by atoms with Gasteiger partial charge in [-0.25, -0.2) is 4.39 Å². The Kier molecular flexibility index (Phi) is 4.75. The predicted molar refractivity (Wildman–Crippen MR) is 62.9 cm³/mol. The van der Waals surface area contributed by atoms with Gasteiger partial charge in [-0.2, -0.15) is 0 Å². The quantitative estimate of drug-likeness (QED) is 0.803. The minimum absolute atomic E-state index is 0.00807. The van der Waals surface area contributed by atoms with E-state index in [1.165, 1.54) is 12.1 Å². The molecule has 0 saturated heterocycles. The molecule has 0 bridgehead atoms. The molecule has 1 aromatic carbocycles. The van der Waals surface area contributed by atoms with Crippen LogP contribution in [0.1, 0.15) is 20.3 Å². The first-order valence-corrected chi connectivity index (χ1v) is 5.41. The van der Waals surface area contributed by atoms with E-state index >= 15 is 0 Å². The summed E-state index contributed by atoms with van der Waals surface area (Å²) in [6, 6.07) is 4.47. The van der Waals surface area contributed by atoms with Crippen molar-refractivity contribution in [2.24, 2.45) is 0 Å². The molecule has 1 aromatic rings. The van der Waals surface area contributed by atoms with Gasteiger partial charge in [-0.15, -0.1) is 0 Å². The average Bonchev–Trinajstić information content (AvgIpc) is 2.21. The van der Waals surface area contributed by atoms with Crippen LogP contribution in [0.15, 0.2) is 18.2 Å². The molecule has 2 N–H and O–H groups in total. The fourth-order valence-corrected chi connectivity index (χ4v) is 1.27. The van der Waals surface area contributed by atoms with Gasteiger partial charge in [0.1, 0.15) is 0 Å². The van der Waals surface area contributed by atoms with Crippen LogP contribution in [-0.2, 0) is 4.79 Å². The van der Waals surface area contributed by atoms with Crippen molar-refractivity contribution in [2.45, 2.75) is 26.4 Å². The number of rotatable bonds is 6. The highest BCUT2D eigenvalue weighted by atomic mass is 19.1. The van der Waals surface area contributed by atoms with E-state index in [2.05, 4.69) is 5.32 Å². The standard InChI is InChI=1S/C12H16FNO3/c1-8(2)17-11-4-3-9(7-10(11)13)14-6-5-12(15)16/h3-4,7-8,14H,5-6H2,1-2H3,(H,15,16). The first-order chi connectivity index (χ1) is 7.99. The van der Waals surface area contributed by atoms with Crippen molar-refractivity contribution >= 4 is 11.7 Å². The molecule has 0 atom stereocenters. The SMILES string of the molecule is CC(C)Oc1ccc(NCCC(=O)O)cc1F. The second-order valence-electron chi connectivity index (χ2n) is 3.88. The van der Waals surface area contributed by atoms with Crippen molar-refractivity contribution in [1.82, 2.24) is 0 Å². The summed E-state index contributed by atoms with van der Waals surface area (Å²) in [4.78, 5) is 10.3. The summed E-state index contributed by atoms with van der Waals surface area (Å²) in [7, 11) is 0. The van der Waals surface area contributed by atoms with Gasteiger partial charge in [0, 0.05) is 18.3 Å². The number of benzene rings is 1. The van der Waals surface area contributed by atoms with Gasteiger partial charge in [-0.05, 0) is 26.0 Å². The maximum Gasteiger partial charge on any atom is 0.305 e. The zero-order valence-electron chi connectivity index (χ0n) is 9.87. The number of anilines is 1. The molecule has 0 aliphatic heterocycles. The highest BCUT2D eigenvalue weighted by Gasteiger charge is 2.06. The molecule has 0 fully saturated rings. The first kappa shape index (κ1) is 13.3. The maximum absolute atomic E-state index is 13.5. The van der Waals surface area contributed by atoms with Crippen LogP contribution in [0.2, 0.25) is 0 Å². The van der Waals surface area contributed by atoms with Crippen molar-refractivity contribution in [3.63, 3.8) is 0 Å². The van der Waals surface area contributed by atoms with E-state index < -0.39 is 11.8 Å². The lowest BCUT2D eigenvalue weighted by Crippen LogP contribution is -2.09. The van der Waals surface area contributed by atoms with Crippen LogP contribution < -0.4 is 10.1 Å². The molecule has 0 spiro atoms. The molecule has 0 unspecified atom stereocenters. The van der Waals surface area contributed by atoms with Crippen molar-refractivity contribution in [2.75, 3.05) is 11.9 Å². The topological polar surface area (TPSA) is 58.6 Å². The molecule has 0 heterocycles. The van der Waals surface area contributed by atoms with Crippen molar-refractivity contribution in [3.8, 4) is 5.75 Å². The van der Waals surface area contributed by atoms with Crippen LogP contribution in [0.25, 0.3) is 0 Å². The van der Waals surface area contributed by atoms with Gasteiger partial charge < -0.3 is 15.2 Å². The lowest BCUT2D eigenvalue weighted by atomic mass is 10.2. The average molecular weight is 241 g/mol. The van der Waals surface area contributed by atoms with E-state index in [4.69, 9.17) is 9.84 Å². The van der Waals surface area contributed by atoms with Gasteiger partial charge >= 0.3 is 5.97 Å². The molecule has 0 aromatic heterocycles. The third-order valence-electron chi connectivity index (χ3n) is 1.96. The molecule has 0 amide bonds. The number of carbonyl (C=O) groups is 1. The van der Waals surface area contributed by atoms with E-state index in [1.807, 2.05) is 13.8 Å². The van der Waals surface area contributed by atoms with Crippen molar-refractivity contribution in [3.05, 3.63) is 24.0 Å². The lowest BCUT2D eigenvalue weighted by Gasteiger charge is -2.12. The van der Waals surface area contributed by atoms with Crippen molar-refractivity contribution < 1.29 is 19.0 Å². The Morgan fingerprint density at radius 3 is 2.76 bits per heavy atom.